The summed E-state index contributed by atoms with van der Waals surface area (Å²) in [6, 6.07) is 4.58. The van der Waals surface area contributed by atoms with Crippen molar-refractivity contribution in [2.45, 2.75) is 27.0 Å². The van der Waals surface area contributed by atoms with Crippen molar-refractivity contribution in [1.82, 2.24) is 9.78 Å². The first-order chi connectivity index (χ1) is 9.45. The Labute approximate surface area is 120 Å². The number of nitrogens with zero attached hydrogens (tertiary/aromatic N) is 3. The molecular weight excluding hydrogens is 282 g/mol. The molecule has 20 heavy (non-hydrogen) atoms. The van der Waals surface area contributed by atoms with Gasteiger partial charge in [0, 0.05) is 17.3 Å². The normalized spacial score (nSPS) is 10.8. The SMILES string of the molecule is Cc1nn(Cc2c(Cl)cccc2[N+](=O)[O-])c(C)c1CO. The lowest BCUT2D eigenvalue weighted by Crippen LogP contribution is -2.07. The van der Waals surface area contributed by atoms with Crippen LogP contribution in [-0.2, 0) is 13.2 Å². The number of rotatable bonds is 4. The van der Waals surface area contributed by atoms with Gasteiger partial charge in [-0.3, -0.25) is 14.8 Å². The number of aliphatic hydroxyl groups is 1. The van der Waals surface area contributed by atoms with E-state index < -0.39 is 4.92 Å². The number of nitro benzene ring substituents is 1. The maximum atomic E-state index is 11.1. The molecule has 0 unspecified atom stereocenters. The summed E-state index contributed by atoms with van der Waals surface area (Å²) < 4.78 is 1.62. The van der Waals surface area contributed by atoms with E-state index in [0.717, 1.165) is 11.3 Å². The van der Waals surface area contributed by atoms with Gasteiger partial charge in [0.2, 0.25) is 0 Å². The second-order valence-electron chi connectivity index (χ2n) is 4.46. The first-order valence-corrected chi connectivity index (χ1v) is 6.39. The van der Waals surface area contributed by atoms with Crippen molar-refractivity contribution in [3.8, 4) is 0 Å². The Morgan fingerprint density at radius 2 is 2.10 bits per heavy atom. The Morgan fingerprint density at radius 1 is 1.40 bits per heavy atom. The zero-order valence-corrected chi connectivity index (χ0v) is 11.9. The van der Waals surface area contributed by atoms with Crippen LogP contribution in [0.2, 0.25) is 5.02 Å². The van der Waals surface area contributed by atoms with E-state index in [2.05, 4.69) is 5.10 Å². The average molecular weight is 296 g/mol. The van der Waals surface area contributed by atoms with Crippen molar-refractivity contribution in [2.75, 3.05) is 0 Å². The first-order valence-electron chi connectivity index (χ1n) is 6.01. The Balaban J connectivity index is 2.48. The molecule has 0 atom stereocenters. The highest BCUT2D eigenvalue weighted by Gasteiger charge is 2.19. The molecule has 2 aromatic rings. The van der Waals surface area contributed by atoms with Crippen molar-refractivity contribution in [1.29, 1.82) is 0 Å². The number of nitro groups is 1. The number of hydrogen-bond donors (Lipinski definition) is 1. The van der Waals surface area contributed by atoms with Gasteiger partial charge in [-0.2, -0.15) is 5.10 Å². The number of benzene rings is 1. The van der Waals surface area contributed by atoms with Crippen molar-refractivity contribution in [3.05, 3.63) is 55.9 Å². The minimum atomic E-state index is -0.458. The van der Waals surface area contributed by atoms with Crippen LogP contribution < -0.4 is 0 Å². The van der Waals surface area contributed by atoms with Crippen molar-refractivity contribution in [2.24, 2.45) is 0 Å². The number of aliphatic hydroxyl groups excluding tert-OH is 1. The third-order valence-electron chi connectivity index (χ3n) is 3.29. The van der Waals surface area contributed by atoms with E-state index >= 15 is 0 Å². The van der Waals surface area contributed by atoms with E-state index in [9.17, 15) is 15.2 Å². The van der Waals surface area contributed by atoms with Gasteiger partial charge >= 0.3 is 0 Å². The third-order valence-corrected chi connectivity index (χ3v) is 3.64. The topological polar surface area (TPSA) is 81.2 Å². The van der Waals surface area contributed by atoms with Crippen molar-refractivity contribution >= 4 is 17.3 Å². The second-order valence-corrected chi connectivity index (χ2v) is 4.87. The van der Waals surface area contributed by atoms with Gasteiger partial charge in [0.25, 0.3) is 5.69 Å². The zero-order chi connectivity index (χ0) is 14.9. The van der Waals surface area contributed by atoms with E-state index in [0.29, 0.717) is 16.3 Å². The van der Waals surface area contributed by atoms with Crippen molar-refractivity contribution in [3.63, 3.8) is 0 Å². The molecule has 106 valence electrons. The van der Waals surface area contributed by atoms with Crippen LogP contribution in [0.3, 0.4) is 0 Å². The Kier molecular flexibility index (Phi) is 4.06. The van der Waals surface area contributed by atoms with Crippen LogP contribution in [0.15, 0.2) is 18.2 Å². The summed E-state index contributed by atoms with van der Waals surface area (Å²) in [7, 11) is 0. The molecule has 0 radical (unpaired) electrons. The first kappa shape index (κ1) is 14.5. The van der Waals surface area contributed by atoms with Gasteiger partial charge in [0.15, 0.2) is 0 Å². The Bertz CT molecular complexity index is 667. The fraction of sp³-hybridized carbons (Fsp3) is 0.308. The Morgan fingerprint density at radius 3 is 2.65 bits per heavy atom. The van der Waals surface area contributed by atoms with Gasteiger partial charge in [-0.25, -0.2) is 0 Å². The molecule has 1 aromatic heterocycles. The molecule has 2 rings (SSSR count). The minimum absolute atomic E-state index is 0.0319. The van der Waals surface area contributed by atoms with Crippen LogP contribution in [0.1, 0.15) is 22.5 Å². The summed E-state index contributed by atoms with van der Waals surface area (Å²) in [6.07, 6.45) is 0. The summed E-state index contributed by atoms with van der Waals surface area (Å²) in [6.45, 7) is 3.69. The molecule has 6 nitrogen and oxygen atoms in total. The highest BCUT2D eigenvalue weighted by atomic mass is 35.5. The summed E-state index contributed by atoms with van der Waals surface area (Å²) in [5.41, 5.74) is 2.60. The minimum Gasteiger partial charge on any atom is -0.392 e. The maximum absolute atomic E-state index is 11.1. The molecule has 0 saturated carbocycles. The van der Waals surface area contributed by atoms with Gasteiger partial charge in [-0.1, -0.05) is 17.7 Å². The standard InChI is InChI=1S/C13H14ClN3O3/c1-8-11(7-18)9(2)16(15-8)6-10-12(14)4-3-5-13(10)17(19)20/h3-5,18H,6-7H2,1-2H3. The van der Waals surface area contributed by atoms with Crippen LogP contribution in [0.5, 0.6) is 0 Å². The van der Waals surface area contributed by atoms with E-state index in [1.165, 1.54) is 6.07 Å². The highest BCUT2D eigenvalue weighted by Crippen LogP contribution is 2.27. The fourth-order valence-corrected chi connectivity index (χ4v) is 2.37. The molecule has 0 amide bonds. The fourth-order valence-electron chi connectivity index (χ4n) is 2.14. The van der Waals surface area contributed by atoms with Gasteiger partial charge < -0.3 is 5.11 Å². The second kappa shape index (κ2) is 5.60. The van der Waals surface area contributed by atoms with Gasteiger partial charge in [0.05, 0.1) is 34.4 Å². The molecule has 1 N–H and O–H groups in total. The largest absolute Gasteiger partial charge is 0.392 e. The molecule has 0 aliphatic rings. The van der Waals surface area contributed by atoms with Gasteiger partial charge in [0.1, 0.15) is 0 Å². The lowest BCUT2D eigenvalue weighted by atomic mass is 10.1. The molecule has 0 aliphatic heterocycles. The predicted molar refractivity (Wildman–Crippen MR) is 74.8 cm³/mol. The summed E-state index contributed by atoms with van der Waals surface area (Å²) >= 11 is 6.06. The van der Waals surface area contributed by atoms with Crippen LogP contribution in [0.4, 0.5) is 5.69 Å². The van der Waals surface area contributed by atoms with Crippen LogP contribution in [0.25, 0.3) is 0 Å². The third kappa shape index (κ3) is 2.52. The monoisotopic (exact) mass is 295 g/mol. The summed E-state index contributed by atoms with van der Waals surface area (Å²) in [4.78, 5) is 10.6. The molecule has 1 aromatic carbocycles. The van der Waals surface area contributed by atoms with Crippen LogP contribution in [-0.4, -0.2) is 19.8 Å². The number of halogens is 1. The van der Waals surface area contributed by atoms with Crippen LogP contribution in [0, 0.1) is 24.0 Å². The quantitative estimate of drug-likeness (QED) is 0.694. The molecule has 0 aliphatic carbocycles. The Hall–Kier alpha value is -1.92. The molecular formula is C13H14ClN3O3. The zero-order valence-electron chi connectivity index (χ0n) is 11.1. The van der Waals surface area contributed by atoms with E-state index in [-0.39, 0.29) is 18.8 Å². The molecule has 0 bridgehead atoms. The lowest BCUT2D eigenvalue weighted by molar-refractivity contribution is -0.385. The molecule has 0 saturated heterocycles. The van der Waals surface area contributed by atoms with Gasteiger partial charge in [-0.05, 0) is 19.9 Å². The molecule has 0 spiro atoms. The average Bonchev–Trinajstić information content (AvgIpc) is 2.66. The van der Waals surface area contributed by atoms with E-state index in [1.807, 2.05) is 6.92 Å². The van der Waals surface area contributed by atoms with E-state index in [1.54, 1.807) is 23.7 Å². The molecule has 7 heteroatoms. The summed E-state index contributed by atoms with van der Waals surface area (Å²) in [5.74, 6) is 0. The lowest BCUT2D eigenvalue weighted by Gasteiger charge is -2.08. The van der Waals surface area contributed by atoms with Crippen molar-refractivity contribution < 1.29 is 10.0 Å². The smallest absolute Gasteiger partial charge is 0.275 e. The number of aryl methyl sites for hydroxylation is 1. The van der Waals surface area contributed by atoms with Gasteiger partial charge in [-0.15, -0.1) is 0 Å². The van der Waals surface area contributed by atoms with E-state index in [4.69, 9.17) is 11.6 Å². The molecule has 1 heterocycles. The maximum Gasteiger partial charge on any atom is 0.275 e. The highest BCUT2D eigenvalue weighted by molar-refractivity contribution is 6.31. The molecule has 0 fully saturated rings. The predicted octanol–water partition coefficient (Wildman–Crippen LogP) is 2.60. The number of hydrogen-bond acceptors (Lipinski definition) is 4. The van der Waals surface area contributed by atoms with Crippen LogP contribution >= 0.6 is 11.6 Å². The summed E-state index contributed by atoms with van der Waals surface area (Å²) in [5, 5.41) is 25.0. The number of aromatic nitrogens is 2.